The number of hydrogen-bond acceptors (Lipinski definition) is 4. The topological polar surface area (TPSA) is 48.2 Å². The maximum atomic E-state index is 5.73. The third-order valence-corrected chi connectivity index (χ3v) is 2.93. The maximum absolute atomic E-state index is 5.73. The van der Waals surface area contributed by atoms with Gasteiger partial charge in [0.1, 0.15) is 12.4 Å². The van der Waals surface area contributed by atoms with Gasteiger partial charge in [0.05, 0.1) is 6.42 Å². The van der Waals surface area contributed by atoms with E-state index in [2.05, 4.69) is 10.2 Å². The smallest absolute Gasteiger partial charge is 0.220 e. The van der Waals surface area contributed by atoms with E-state index in [0.717, 1.165) is 16.9 Å². The van der Waals surface area contributed by atoms with Gasteiger partial charge in [0.25, 0.3) is 0 Å². The van der Waals surface area contributed by atoms with E-state index in [9.17, 15) is 0 Å². The molecule has 0 N–H and O–H groups in total. The first kappa shape index (κ1) is 12.4. The van der Waals surface area contributed by atoms with Crippen molar-refractivity contribution in [3.63, 3.8) is 0 Å². The Morgan fingerprint density at radius 1 is 0.900 bits per heavy atom. The number of aromatic nitrogens is 2. The summed E-state index contributed by atoms with van der Waals surface area (Å²) in [5.74, 6) is 1.46. The van der Waals surface area contributed by atoms with E-state index in [4.69, 9.17) is 9.15 Å². The number of ether oxygens (including phenoxy) is 1. The zero-order chi connectivity index (χ0) is 13.6. The molecule has 0 unspecified atom stereocenters. The van der Waals surface area contributed by atoms with E-state index in [1.54, 1.807) is 0 Å². The fourth-order valence-corrected chi connectivity index (χ4v) is 1.89. The fourth-order valence-electron chi connectivity index (χ4n) is 1.89. The Morgan fingerprint density at radius 2 is 1.70 bits per heavy atom. The third-order valence-electron chi connectivity index (χ3n) is 2.93. The van der Waals surface area contributed by atoms with Crippen LogP contribution >= 0.6 is 0 Å². The van der Waals surface area contributed by atoms with Crippen molar-refractivity contribution in [3.8, 4) is 5.75 Å². The quantitative estimate of drug-likeness (QED) is 0.711. The molecule has 2 aromatic carbocycles. The highest BCUT2D eigenvalue weighted by Crippen LogP contribution is 2.15. The van der Waals surface area contributed by atoms with Gasteiger partial charge in [0, 0.05) is 0 Å². The number of hydrogen-bond donors (Lipinski definition) is 0. The molecule has 0 saturated heterocycles. The molecule has 0 bridgehead atoms. The Balaban J connectivity index is 1.59. The molecule has 0 radical (unpaired) electrons. The van der Waals surface area contributed by atoms with Crippen LogP contribution in [0.5, 0.6) is 5.75 Å². The second kappa shape index (κ2) is 6.02. The number of rotatable bonds is 5. The lowest BCUT2D eigenvalue weighted by Crippen LogP contribution is -1.95. The predicted octanol–water partition coefficient (Wildman–Crippen LogP) is 3.24. The van der Waals surface area contributed by atoms with Crippen LogP contribution in [0.4, 0.5) is 0 Å². The van der Waals surface area contributed by atoms with Crippen molar-refractivity contribution < 1.29 is 9.15 Å². The molecule has 4 heteroatoms. The minimum atomic E-state index is 0.573. The van der Waals surface area contributed by atoms with Crippen LogP contribution in [-0.2, 0) is 13.0 Å². The van der Waals surface area contributed by atoms with Crippen LogP contribution in [0.25, 0.3) is 0 Å². The normalized spacial score (nSPS) is 10.4. The van der Waals surface area contributed by atoms with E-state index in [0.29, 0.717) is 18.9 Å². The second-order valence-corrected chi connectivity index (χ2v) is 4.43. The zero-order valence-corrected chi connectivity index (χ0v) is 10.9. The lowest BCUT2D eigenvalue weighted by atomic mass is 10.1. The van der Waals surface area contributed by atoms with Crippen molar-refractivity contribution in [2.24, 2.45) is 0 Å². The molecule has 3 rings (SSSR count). The van der Waals surface area contributed by atoms with Crippen LogP contribution in [-0.4, -0.2) is 10.2 Å². The van der Waals surface area contributed by atoms with Crippen molar-refractivity contribution in [3.05, 3.63) is 78.0 Å². The average molecular weight is 266 g/mol. The molecule has 0 saturated carbocycles. The van der Waals surface area contributed by atoms with Gasteiger partial charge >= 0.3 is 0 Å². The molecule has 4 nitrogen and oxygen atoms in total. The Morgan fingerprint density at radius 3 is 2.40 bits per heavy atom. The molecule has 1 aromatic heterocycles. The van der Waals surface area contributed by atoms with Crippen LogP contribution in [0.2, 0.25) is 0 Å². The molecular weight excluding hydrogens is 252 g/mol. The summed E-state index contributed by atoms with van der Waals surface area (Å²) in [6.07, 6.45) is 1.98. The summed E-state index contributed by atoms with van der Waals surface area (Å²) in [7, 11) is 0. The number of benzene rings is 2. The van der Waals surface area contributed by atoms with E-state index >= 15 is 0 Å². The Kier molecular flexibility index (Phi) is 3.73. The molecule has 0 fully saturated rings. The van der Waals surface area contributed by atoms with Gasteiger partial charge in [-0.25, -0.2) is 0 Å². The van der Waals surface area contributed by atoms with Gasteiger partial charge in [-0.05, 0) is 23.3 Å². The molecule has 0 aliphatic carbocycles. The standard InChI is InChI=1S/C16H14N2O2/c1-2-4-14(5-3-1)11-19-15-8-6-13(7-9-15)10-16-18-17-12-20-16/h1-9,12H,10-11H2. The average Bonchev–Trinajstić information content (AvgIpc) is 3.01. The van der Waals surface area contributed by atoms with E-state index in [1.165, 1.54) is 6.39 Å². The molecule has 3 aromatic rings. The molecule has 0 atom stereocenters. The maximum Gasteiger partial charge on any atom is 0.220 e. The van der Waals surface area contributed by atoms with Gasteiger partial charge in [-0.3, -0.25) is 0 Å². The van der Waals surface area contributed by atoms with Gasteiger partial charge in [0.15, 0.2) is 0 Å². The molecular formula is C16H14N2O2. The predicted molar refractivity (Wildman–Crippen MR) is 74.3 cm³/mol. The lowest BCUT2D eigenvalue weighted by molar-refractivity contribution is 0.306. The molecule has 20 heavy (non-hydrogen) atoms. The van der Waals surface area contributed by atoms with Crippen molar-refractivity contribution in [1.29, 1.82) is 0 Å². The summed E-state index contributed by atoms with van der Waals surface area (Å²) in [6.45, 7) is 0.573. The minimum absolute atomic E-state index is 0.573. The zero-order valence-electron chi connectivity index (χ0n) is 10.9. The van der Waals surface area contributed by atoms with Gasteiger partial charge in [-0.1, -0.05) is 42.5 Å². The Labute approximate surface area is 117 Å². The highest BCUT2D eigenvalue weighted by molar-refractivity contribution is 5.29. The molecule has 0 amide bonds. The number of nitrogens with zero attached hydrogens (tertiary/aromatic N) is 2. The first-order valence-corrected chi connectivity index (χ1v) is 6.41. The van der Waals surface area contributed by atoms with Crippen LogP contribution in [0.1, 0.15) is 17.0 Å². The summed E-state index contributed by atoms with van der Waals surface area (Å²) in [6, 6.07) is 18.0. The van der Waals surface area contributed by atoms with Gasteiger partial charge in [0.2, 0.25) is 12.3 Å². The summed E-state index contributed by atoms with van der Waals surface area (Å²) < 4.78 is 10.9. The lowest BCUT2D eigenvalue weighted by Gasteiger charge is -2.06. The molecule has 0 aliphatic rings. The monoisotopic (exact) mass is 266 g/mol. The second-order valence-electron chi connectivity index (χ2n) is 4.43. The Hall–Kier alpha value is -2.62. The summed E-state index contributed by atoms with van der Waals surface area (Å²) in [5.41, 5.74) is 2.27. The van der Waals surface area contributed by atoms with Crippen molar-refractivity contribution in [1.82, 2.24) is 10.2 Å². The highest BCUT2D eigenvalue weighted by Gasteiger charge is 2.02. The van der Waals surface area contributed by atoms with Crippen LogP contribution < -0.4 is 4.74 Å². The summed E-state index contributed by atoms with van der Waals surface area (Å²) in [4.78, 5) is 0. The fraction of sp³-hybridized carbons (Fsp3) is 0.125. The van der Waals surface area contributed by atoms with E-state index in [1.807, 2.05) is 54.6 Å². The van der Waals surface area contributed by atoms with Crippen molar-refractivity contribution >= 4 is 0 Å². The molecule has 100 valence electrons. The highest BCUT2D eigenvalue weighted by atomic mass is 16.5. The van der Waals surface area contributed by atoms with Gasteiger partial charge in [-0.2, -0.15) is 0 Å². The first-order valence-electron chi connectivity index (χ1n) is 6.41. The van der Waals surface area contributed by atoms with Gasteiger partial charge in [-0.15, -0.1) is 10.2 Å². The summed E-state index contributed by atoms with van der Waals surface area (Å²) in [5, 5.41) is 7.52. The van der Waals surface area contributed by atoms with Crippen molar-refractivity contribution in [2.45, 2.75) is 13.0 Å². The van der Waals surface area contributed by atoms with E-state index in [-0.39, 0.29) is 0 Å². The Bertz CT molecular complexity index is 634. The molecule has 0 spiro atoms. The van der Waals surface area contributed by atoms with Gasteiger partial charge < -0.3 is 9.15 Å². The van der Waals surface area contributed by atoms with Crippen LogP contribution in [0.3, 0.4) is 0 Å². The largest absolute Gasteiger partial charge is 0.489 e. The van der Waals surface area contributed by atoms with Crippen LogP contribution in [0, 0.1) is 0 Å². The summed E-state index contributed by atoms with van der Waals surface area (Å²) >= 11 is 0. The molecule has 0 aliphatic heterocycles. The minimum Gasteiger partial charge on any atom is -0.489 e. The first-order chi connectivity index (χ1) is 9.90. The SMILES string of the molecule is c1ccc(COc2ccc(Cc3nnco3)cc2)cc1. The van der Waals surface area contributed by atoms with Crippen molar-refractivity contribution in [2.75, 3.05) is 0 Å². The van der Waals surface area contributed by atoms with E-state index < -0.39 is 0 Å². The molecule has 1 heterocycles. The third kappa shape index (κ3) is 3.23. The van der Waals surface area contributed by atoms with Crippen LogP contribution in [0.15, 0.2) is 65.4 Å².